The Morgan fingerprint density at radius 1 is 1.03 bits per heavy atom. The minimum absolute atomic E-state index is 0.0139. The Hall–Kier alpha value is -3.20. The molecule has 0 aliphatic carbocycles. The van der Waals surface area contributed by atoms with Crippen molar-refractivity contribution in [1.82, 2.24) is 14.7 Å². The summed E-state index contributed by atoms with van der Waals surface area (Å²) in [5, 5.41) is 12.3. The first-order valence-corrected chi connectivity index (χ1v) is 11.2. The number of pyridine rings is 1. The van der Waals surface area contributed by atoms with Gasteiger partial charge in [-0.05, 0) is 53.6 Å². The lowest BCUT2D eigenvalue weighted by Gasteiger charge is -2.09. The summed E-state index contributed by atoms with van der Waals surface area (Å²) in [5.41, 5.74) is 2.40. The Morgan fingerprint density at radius 2 is 1.81 bits per heavy atom. The number of nitrogens with zero attached hydrogens (tertiary/aromatic N) is 2. The first-order chi connectivity index (χ1) is 14.9. The summed E-state index contributed by atoms with van der Waals surface area (Å²) in [6, 6.07) is 13.9. The van der Waals surface area contributed by atoms with Gasteiger partial charge in [0.05, 0.1) is 22.0 Å². The molecule has 0 bridgehead atoms. The van der Waals surface area contributed by atoms with Crippen molar-refractivity contribution in [2.75, 3.05) is 0 Å². The number of sulfone groups is 1. The van der Waals surface area contributed by atoms with E-state index in [1.807, 2.05) is 0 Å². The van der Waals surface area contributed by atoms with Gasteiger partial charge in [0.15, 0.2) is 0 Å². The van der Waals surface area contributed by atoms with Gasteiger partial charge in [0, 0.05) is 30.2 Å². The molecule has 0 fully saturated rings. The van der Waals surface area contributed by atoms with Gasteiger partial charge in [0.25, 0.3) is 5.91 Å². The number of fused-ring (bicyclic) bond motifs is 1. The highest BCUT2D eigenvalue weighted by molar-refractivity contribution is 7.91. The molecule has 2 N–H and O–H groups in total. The number of aliphatic hydroxyl groups excluding tert-OH is 1. The zero-order valence-corrected chi connectivity index (χ0v) is 17.8. The van der Waals surface area contributed by atoms with Gasteiger partial charge in [-0.3, -0.25) is 4.79 Å². The van der Waals surface area contributed by atoms with Crippen LogP contribution in [0.1, 0.15) is 21.5 Å². The predicted molar refractivity (Wildman–Crippen MR) is 116 cm³/mol. The van der Waals surface area contributed by atoms with Crippen molar-refractivity contribution in [2.24, 2.45) is 0 Å². The van der Waals surface area contributed by atoms with E-state index in [9.17, 15) is 18.3 Å². The summed E-state index contributed by atoms with van der Waals surface area (Å²) >= 11 is 5.97. The van der Waals surface area contributed by atoms with Crippen molar-refractivity contribution in [1.29, 1.82) is 0 Å². The van der Waals surface area contributed by atoms with Gasteiger partial charge in [0.2, 0.25) is 9.84 Å². The van der Waals surface area contributed by atoms with Crippen LogP contribution in [0.15, 0.2) is 83.0 Å². The molecule has 0 atom stereocenters. The molecule has 2 heterocycles. The van der Waals surface area contributed by atoms with Crippen molar-refractivity contribution in [3.63, 3.8) is 0 Å². The average molecular weight is 456 g/mol. The van der Waals surface area contributed by atoms with Crippen molar-refractivity contribution in [3.05, 3.63) is 94.9 Å². The van der Waals surface area contributed by atoms with E-state index in [1.165, 1.54) is 30.3 Å². The molecule has 4 rings (SSSR count). The van der Waals surface area contributed by atoms with Crippen LogP contribution in [0.2, 0.25) is 5.02 Å². The summed E-state index contributed by atoms with van der Waals surface area (Å²) < 4.78 is 27.5. The number of carbonyl (C=O) groups excluding carboxylic acids is 1. The molecule has 2 aromatic heterocycles. The van der Waals surface area contributed by atoms with Crippen LogP contribution in [-0.2, 0) is 23.0 Å². The minimum atomic E-state index is -3.79. The fourth-order valence-electron chi connectivity index (χ4n) is 3.13. The molecule has 158 valence electrons. The molecule has 2 aromatic carbocycles. The lowest BCUT2D eigenvalue weighted by Crippen LogP contribution is -2.23. The number of rotatable bonds is 6. The highest BCUT2D eigenvalue weighted by Gasteiger charge is 2.19. The van der Waals surface area contributed by atoms with Gasteiger partial charge in [0.1, 0.15) is 5.65 Å². The summed E-state index contributed by atoms with van der Waals surface area (Å²) in [4.78, 5) is 16.7. The van der Waals surface area contributed by atoms with E-state index in [-0.39, 0.29) is 33.9 Å². The van der Waals surface area contributed by atoms with Gasteiger partial charge in [-0.15, -0.1) is 0 Å². The van der Waals surface area contributed by atoms with Crippen molar-refractivity contribution < 1.29 is 18.3 Å². The second kappa shape index (κ2) is 8.50. The Kier molecular flexibility index (Phi) is 5.77. The third-order valence-electron chi connectivity index (χ3n) is 4.76. The lowest BCUT2D eigenvalue weighted by atomic mass is 10.2. The fourth-order valence-corrected chi connectivity index (χ4v) is 4.81. The number of aromatic nitrogens is 2. The van der Waals surface area contributed by atoms with E-state index in [0.717, 1.165) is 11.2 Å². The third-order valence-corrected chi connectivity index (χ3v) is 6.73. The molecule has 4 aromatic rings. The second-order valence-corrected chi connectivity index (χ2v) is 9.28. The zero-order chi connectivity index (χ0) is 22.0. The highest BCUT2D eigenvalue weighted by Crippen LogP contribution is 2.25. The van der Waals surface area contributed by atoms with Crippen LogP contribution in [-0.4, -0.2) is 28.8 Å². The molecule has 1 amide bonds. The van der Waals surface area contributed by atoms with Gasteiger partial charge in [-0.2, -0.15) is 0 Å². The molecule has 31 heavy (non-hydrogen) atoms. The maximum absolute atomic E-state index is 12.9. The molecular formula is C22H18ClN3O4S. The van der Waals surface area contributed by atoms with Gasteiger partial charge < -0.3 is 14.8 Å². The second-order valence-electron chi connectivity index (χ2n) is 6.89. The summed E-state index contributed by atoms with van der Waals surface area (Å²) in [5.74, 6) is -0.247. The van der Waals surface area contributed by atoms with Crippen LogP contribution < -0.4 is 5.32 Å². The number of hydrogen-bond acceptors (Lipinski definition) is 5. The van der Waals surface area contributed by atoms with Crippen molar-refractivity contribution >= 4 is 33.0 Å². The normalized spacial score (nSPS) is 11.5. The zero-order valence-electron chi connectivity index (χ0n) is 16.2. The number of amides is 1. The standard InChI is InChI=1S/C22H18ClN3O4S/c23-18-9-16(14-27)10-20(11-18)31(29,30)19-4-1-15(2-5-19)12-25-22(28)17-3-6-21-24-7-8-26(21)13-17/h1-11,13,27H,12,14H2,(H,25,28). The number of aliphatic hydroxyl groups is 1. The molecule has 0 unspecified atom stereocenters. The van der Waals surface area contributed by atoms with E-state index in [1.54, 1.807) is 47.3 Å². The number of carbonyl (C=O) groups is 1. The highest BCUT2D eigenvalue weighted by atomic mass is 35.5. The minimum Gasteiger partial charge on any atom is -0.392 e. The summed E-state index contributed by atoms with van der Waals surface area (Å²) in [6.45, 7) is -0.0670. The number of imidazole rings is 1. The molecule has 0 saturated heterocycles. The summed E-state index contributed by atoms with van der Waals surface area (Å²) in [6.07, 6.45) is 5.11. The molecule has 0 spiro atoms. The molecular weight excluding hydrogens is 438 g/mol. The first kappa shape index (κ1) is 21.0. The summed E-state index contributed by atoms with van der Waals surface area (Å²) in [7, 11) is -3.79. The smallest absolute Gasteiger partial charge is 0.253 e. The Morgan fingerprint density at radius 3 is 2.55 bits per heavy atom. The van der Waals surface area contributed by atoms with Crippen LogP contribution >= 0.6 is 11.6 Å². The molecule has 7 nitrogen and oxygen atoms in total. The topological polar surface area (TPSA) is 101 Å². The molecule has 9 heteroatoms. The van der Waals surface area contributed by atoms with Crippen LogP contribution in [0, 0.1) is 0 Å². The SMILES string of the molecule is O=C(NCc1ccc(S(=O)(=O)c2cc(Cl)cc(CO)c2)cc1)c1ccc2nccn2c1. The Bertz CT molecular complexity index is 1370. The van der Waals surface area contributed by atoms with E-state index in [4.69, 9.17) is 11.6 Å². The van der Waals surface area contributed by atoms with E-state index < -0.39 is 9.84 Å². The average Bonchev–Trinajstić information content (AvgIpc) is 3.25. The van der Waals surface area contributed by atoms with E-state index in [2.05, 4.69) is 10.3 Å². The van der Waals surface area contributed by atoms with Crippen molar-refractivity contribution in [2.45, 2.75) is 22.9 Å². The molecule has 0 aliphatic rings. The Labute approximate surface area is 183 Å². The van der Waals surface area contributed by atoms with E-state index >= 15 is 0 Å². The fraction of sp³-hybridized carbons (Fsp3) is 0.0909. The third kappa shape index (κ3) is 4.46. The number of hydrogen-bond donors (Lipinski definition) is 2. The largest absolute Gasteiger partial charge is 0.392 e. The van der Waals surface area contributed by atoms with Crippen molar-refractivity contribution in [3.8, 4) is 0 Å². The van der Waals surface area contributed by atoms with Crippen LogP contribution in [0.25, 0.3) is 5.65 Å². The number of halogens is 1. The van der Waals surface area contributed by atoms with Crippen LogP contribution in [0.5, 0.6) is 0 Å². The predicted octanol–water partition coefficient (Wildman–Crippen LogP) is 3.24. The van der Waals surface area contributed by atoms with E-state index in [0.29, 0.717) is 11.1 Å². The lowest BCUT2D eigenvalue weighted by molar-refractivity contribution is 0.0950. The number of nitrogens with one attached hydrogen (secondary N) is 1. The molecule has 0 radical (unpaired) electrons. The monoisotopic (exact) mass is 455 g/mol. The molecule has 0 aliphatic heterocycles. The maximum Gasteiger partial charge on any atom is 0.253 e. The molecule has 0 saturated carbocycles. The van der Waals surface area contributed by atoms with Crippen LogP contribution in [0.3, 0.4) is 0 Å². The maximum atomic E-state index is 12.9. The van der Waals surface area contributed by atoms with Gasteiger partial charge in [-0.1, -0.05) is 23.7 Å². The van der Waals surface area contributed by atoms with Gasteiger partial charge >= 0.3 is 0 Å². The van der Waals surface area contributed by atoms with Crippen LogP contribution in [0.4, 0.5) is 0 Å². The quantitative estimate of drug-likeness (QED) is 0.465. The first-order valence-electron chi connectivity index (χ1n) is 9.32. The Balaban J connectivity index is 1.47. The van der Waals surface area contributed by atoms with Gasteiger partial charge in [-0.25, -0.2) is 13.4 Å². The number of benzene rings is 2.